The minimum absolute atomic E-state index is 0.0616. The summed E-state index contributed by atoms with van der Waals surface area (Å²) in [4.78, 5) is 0. The van der Waals surface area contributed by atoms with Crippen molar-refractivity contribution in [2.75, 3.05) is 0 Å². The van der Waals surface area contributed by atoms with Gasteiger partial charge in [0.2, 0.25) is 0 Å². The van der Waals surface area contributed by atoms with E-state index in [0.29, 0.717) is 11.3 Å². The highest BCUT2D eigenvalue weighted by molar-refractivity contribution is 7.91. The van der Waals surface area contributed by atoms with Crippen LogP contribution in [-0.2, 0) is 10.0 Å². The highest BCUT2D eigenvalue weighted by Crippen LogP contribution is 2.28. The van der Waals surface area contributed by atoms with E-state index in [9.17, 15) is 12.8 Å². The lowest BCUT2D eigenvalue weighted by Gasteiger charge is -1.89. The van der Waals surface area contributed by atoms with Crippen LogP contribution in [0.15, 0.2) is 10.3 Å². The van der Waals surface area contributed by atoms with Gasteiger partial charge in [0.05, 0.1) is 4.34 Å². The fourth-order valence-electron chi connectivity index (χ4n) is 0.519. The molecule has 0 fully saturated rings. The van der Waals surface area contributed by atoms with Crippen LogP contribution in [0.4, 0.5) is 4.39 Å². The Hall–Kier alpha value is -0.170. The maximum atomic E-state index is 12.6. The Bertz CT molecular complexity index is 371. The van der Waals surface area contributed by atoms with E-state index in [1.807, 2.05) is 0 Å². The van der Waals surface area contributed by atoms with Crippen molar-refractivity contribution in [3.63, 3.8) is 0 Å². The van der Waals surface area contributed by atoms with Gasteiger partial charge in [-0.3, -0.25) is 0 Å². The summed E-state index contributed by atoms with van der Waals surface area (Å²) in [6.45, 7) is 0. The molecule has 62 valence electrons. The normalized spacial score (nSPS) is 11.9. The zero-order valence-electron chi connectivity index (χ0n) is 5.04. The van der Waals surface area contributed by atoms with Crippen molar-refractivity contribution in [1.82, 2.24) is 0 Å². The van der Waals surface area contributed by atoms with E-state index in [1.165, 1.54) is 0 Å². The molecule has 0 saturated carbocycles. The Balaban J connectivity index is 3.36. The molecular weight excluding hydrogens is 213 g/mol. The quantitative estimate of drug-likeness (QED) is 0.765. The van der Waals surface area contributed by atoms with Gasteiger partial charge >= 0.3 is 0 Å². The van der Waals surface area contributed by atoms with Gasteiger partial charge in [0.1, 0.15) is 0 Å². The maximum absolute atomic E-state index is 12.6. The molecule has 0 aliphatic heterocycles. The maximum Gasteiger partial charge on any atom is 0.250 e. The van der Waals surface area contributed by atoms with Gasteiger partial charge in [-0.15, -0.1) is 11.3 Å². The Kier molecular flexibility index (Phi) is 2.19. The third-order valence-corrected chi connectivity index (χ3v) is 3.58. The fourth-order valence-corrected chi connectivity index (χ4v) is 2.54. The lowest BCUT2D eigenvalue weighted by molar-refractivity contribution is 0.577. The van der Waals surface area contributed by atoms with E-state index < -0.39 is 20.0 Å². The molecule has 0 spiro atoms. The molecule has 2 N–H and O–H groups in total. The lowest BCUT2D eigenvalue weighted by Crippen LogP contribution is -2.11. The third kappa shape index (κ3) is 1.90. The molecule has 0 atom stereocenters. The summed E-state index contributed by atoms with van der Waals surface area (Å²) in [5.41, 5.74) is 0. The van der Waals surface area contributed by atoms with Crippen molar-refractivity contribution in [2.45, 2.75) is 4.21 Å². The number of rotatable bonds is 1. The van der Waals surface area contributed by atoms with Gasteiger partial charge in [-0.2, -0.15) is 0 Å². The van der Waals surface area contributed by atoms with Crippen LogP contribution in [0.1, 0.15) is 0 Å². The Morgan fingerprint density at radius 1 is 1.64 bits per heavy atom. The second-order valence-corrected chi connectivity index (χ2v) is 5.17. The average molecular weight is 216 g/mol. The molecule has 1 aromatic heterocycles. The highest BCUT2D eigenvalue weighted by atomic mass is 35.5. The molecule has 0 amide bonds. The molecule has 1 aromatic rings. The minimum Gasteiger partial charge on any atom is -0.224 e. The largest absolute Gasteiger partial charge is 0.250 e. The summed E-state index contributed by atoms with van der Waals surface area (Å²) in [6.07, 6.45) is 0. The van der Waals surface area contributed by atoms with E-state index in [0.717, 1.165) is 6.07 Å². The zero-order chi connectivity index (χ0) is 8.65. The molecule has 0 radical (unpaired) electrons. The third-order valence-electron chi connectivity index (χ3n) is 0.884. The van der Waals surface area contributed by atoms with Crippen molar-refractivity contribution in [3.8, 4) is 0 Å². The summed E-state index contributed by atoms with van der Waals surface area (Å²) >= 11 is 5.93. The number of sulfonamides is 1. The monoisotopic (exact) mass is 215 g/mol. The number of hydrogen-bond donors (Lipinski definition) is 1. The summed E-state index contributed by atoms with van der Waals surface area (Å²) in [6, 6.07) is 0.909. The Morgan fingerprint density at radius 2 is 2.18 bits per heavy atom. The molecule has 1 rings (SSSR count). The van der Waals surface area contributed by atoms with Crippen LogP contribution < -0.4 is 5.14 Å². The van der Waals surface area contributed by atoms with E-state index >= 15 is 0 Å². The van der Waals surface area contributed by atoms with Crippen molar-refractivity contribution in [2.24, 2.45) is 5.14 Å². The van der Waals surface area contributed by atoms with Crippen LogP contribution >= 0.6 is 22.9 Å². The van der Waals surface area contributed by atoms with Gasteiger partial charge < -0.3 is 0 Å². The van der Waals surface area contributed by atoms with Gasteiger partial charge in [0.25, 0.3) is 10.0 Å². The zero-order valence-corrected chi connectivity index (χ0v) is 7.43. The molecule has 0 bridgehead atoms. The van der Waals surface area contributed by atoms with E-state index in [4.69, 9.17) is 11.6 Å². The minimum atomic E-state index is -3.95. The number of halogens is 2. The summed E-state index contributed by atoms with van der Waals surface area (Å²) in [7, 11) is -3.95. The molecule has 11 heavy (non-hydrogen) atoms. The van der Waals surface area contributed by atoms with Crippen molar-refractivity contribution < 1.29 is 12.8 Å². The van der Waals surface area contributed by atoms with Crippen LogP contribution in [0.3, 0.4) is 0 Å². The first kappa shape index (κ1) is 8.92. The number of primary sulfonamides is 1. The van der Waals surface area contributed by atoms with Crippen LogP contribution in [0.25, 0.3) is 0 Å². The number of hydrogen-bond acceptors (Lipinski definition) is 3. The van der Waals surface area contributed by atoms with E-state index in [1.54, 1.807) is 0 Å². The van der Waals surface area contributed by atoms with Gasteiger partial charge in [-0.25, -0.2) is 17.9 Å². The summed E-state index contributed by atoms with van der Waals surface area (Å²) in [5.74, 6) is -0.900. The molecule has 7 heteroatoms. The molecule has 1 heterocycles. The standard InChI is InChI=1S/C4H3ClFNO2S2/c5-3-1-2(6)4(10-3)11(7,8)9/h1H,(H2,7,8,9). The van der Waals surface area contributed by atoms with E-state index in [2.05, 4.69) is 5.14 Å². The first-order valence-electron chi connectivity index (χ1n) is 2.39. The van der Waals surface area contributed by atoms with Gasteiger partial charge in [-0.05, 0) is 0 Å². The molecule has 0 aromatic carbocycles. The molecule has 3 nitrogen and oxygen atoms in total. The Labute approximate surface area is 71.6 Å². The molecule has 0 aliphatic carbocycles. The van der Waals surface area contributed by atoms with Crippen LogP contribution in [0, 0.1) is 5.82 Å². The molecular formula is C4H3ClFNO2S2. The topological polar surface area (TPSA) is 60.2 Å². The van der Waals surface area contributed by atoms with Crippen molar-refractivity contribution >= 4 is 33.0 Å². The first-order chi connectivity index (χ1) is 4.91. The number of thiophene rings is 1. The number of nitrogens with two attached hydrogens (primary N) is 1. The van der Waals surface area contributed by atoms with Gasteiger partial charge in [0, 0.05) is 6.07 Å². The Morgan fingerprint density at radius 3 is 2.36 bits per heavy atom. The highest BCUT2D eigenvalue weighted by Gasteiger charge is 2.17. The average Bonchev–Trinajstić information content (AvgIpc) is 2.08. The van der Waals surface area contributed by atoms with Crippen LogP contribution in [0.5, 0.6) is 0 Å². The lowest BCUT2D eigenvalue weighted by atomic mass is 10.6. The van der Waals surface area contributed by atoms with E-state index in [-0.39, 0.29) is 4.34 Å². The second-order valence-electron chi connectivity index (χ2n) is 1.73. The molecule has 0 saturated heterocycles. The second kappa shape index (κ2) is 2.71. The summed E-state index contributed by atoms with van der Waals surface area (Å²) < 4.78 is 33.2. The predicted molar refractivity (Wildman–Crippen MR) is 40.7 cm³/mol. The molecule has 0 unspecified atom stereocenters. The van der Waals surface area contributed by atoms with Gasteiger partial charge in [-0.1, -0.05) is 11.6 Å². The van der Waals surface area contributed by atoms with Gasteiger partial charge in [0.15, 0.2) is 10.0 Å². The molecule has 0 aliphatic rings. The van der Waals surface area contributed by atoms with Crippen LogP contribution in [-0.4, -0.2) is 8.42 Å². The predicted octanol–water partition coefficient (Wildman–Crippen LogP) is 1.19. The SMILES string of the molecule is NS(=O)(=O)c1sc(Cl)cc1F. The smallest absolute Gasteiger partial charge is 0.224 e. The van der Waals surface area contributed by atoms with Crippen LogP contribution in [0.2, 0.25) is 4.34 Å². The first-order valence-corrected chi connectivity index (χ1v) is 5.13. The fraction of sp³-hybridized carbons (Fsp3) is 0. The summed E-state index contributed by atoms with van der Waals surface area (Å²) in [5, 5.41) is 4.65. The van der Waals surface area contributed by atoms with Crippen molar-refractivity contribution in [3.05, 3.63) is 16.2 Å². The van der Waals surface area contributed by atoms with Crippen molar-refractivity contribution in [1.29, 1.82) is 0 Å².